The Hall–Kier alpha value is -1.70. The first-order valence-electron chi connectivity index (χ1n) is 4.61. The molecule has 70 valence electrons. The van der Waals surface area contributed by atoms with Gasteiger partial charge in [0.1, 0.15) is 0 Å². The lowest BCUT2D eigenvalue weighted by Crippen LogP contribution is -1.97. The summed E-state index contributed by atoms with van der Waals surface area (Å²) in [6, 6.07) is 12.2. The number of pyridine rings is 1. The van der Waals surface area contributed by atoms with Crippen molar-refractivity contribution in [2.24, 2.45) is 4.99 Å². The average molecular weight is 184 g/mol. The van der Waals surface area contributed by atoms with E-state index < -0.39 is 0 Å². The smallest absolute Gasteiger partial charge is 0.0844 e. The molecule has 0 fully saturated rings. The third kappa shape index (κ3) is 1.51. The van der Waals surface area contributed by atoms with Gasteiger partial charge in [0.25, 0.3) is 0 Å². The number of para-hydroxylation sites is 1. The highest BCUT2D eigenvalue weighted by Gasteiger charge is 1.99. The molecule has 0 unspecified atom stereocenters. The van der Waals surface area contributed by atoms with E-state index in [2.05, 4.69) is 22.1 Å². The topological polar surface area (TPSA) is 25.2 Å². The van der Waals surface area contributed by atoms with Crippen LogP contribution in [0.25, 0.3) is 10.9 Å². The number of fused-ring (bicyclic) bond motifs is 1. The van der Waals surface area contributed by atoms with E-state index in [4.69, 9.17) is 0 Å². The van der Waals surface area contributed by atoms with E-state index in [0.717, 1.165) is 16.9 Å². The van der Waals surface area contributed by atoms with E-state index in [9.17, 15) is 0 Å². The number of aliphatic imine (C=N–C) groups is 1. The Morgan fingerprint density at radius 3 is 2.71 bits per heavy atom. The van der Waals surface area contributed by atoms with Crippen molar-refractivity contribution >= 4 is 16.6 Å². The molecule has 0 radical (unpaired) electrons. The Labute approximate surface area is 83.3 Å². The zero-order chi connectivity index (χ0) is 9.97. The number of hydrogen-bond donors (Lipinski definition) is 0. The van der Waals surface area contributed by atoms with Crippen LogP contribution in [0, 0.1) is 0 Å². The number of hydrogen-bond acceptors (Lipinski definition) is 2. The molecule has 0 spiro atoms. The summed E-state index contributed by atoms with van der Waals surface area (Å²) in [5.41, 5.74) is 2.94. The van der Waals surface area contributed by atoms with Crippen LogP contribution in [-0.4, -0.2) is 17.7 Å². The van der Waals surface area contributed by atoms with E-state index in [0.29, 0.717) is 0 Å². The highest BCUT2D eigenvalue weighted by atomic mass is 14.8. The van der Waals surface area contributed by atoms with Crippen LogP contribution in [0.2, 0.25) is 0 Å². The van der Waals surface area contributed by atoms with Crippen LogP contribution < -0.4 is 0 Å². The second kappa shape index (κ2) is 3.58. The summed E-state index contributed by atoms with van der Waals surface area (Å²) in [5, 5.41) is 1.17. The van der Waals surface area contributed by atoms with Crippen LogP contribution >= 0.6 is 0 Å². The van der Waals surface area contributed by atoms with Crippen LogP contribution in [0.15, 0.2) is 41.4 Å². The molecule has 1 heterocycles. The minimum Gasteiger partial charge on any atom is -0.291 e. The van der Waals surface area contributed by atoms with Crippen molar-refractivity contribution in [2.75, 3.05) is 7.05 Å². The van der Waals surface area contributed by atoms with E-state index in [-0.39, 0.29) is 0 Å². The molecule has 0 saturated heterocycles. The highest BCUT2D eigenvalue weighted by molar-refractivity contribution is 5.98. The molecule has 2 heteroatoms. The van der Waals surface area contributed by atoms with E-state index in [1.165, 1.54) is 5.39 Å². The maximum Gasteiger partial charge on any atom is 0.0844 e. The van der Waals surface area contributed by atoms with Gasteiger partial charge in [-0.05, 0) is 19.1 Å². The van der Waals surface area contributed by atoms with Crippen molar-refractivity contribution in [3.63, 3.8) is 0 Å². The van der Waals surface area contributed by atoms with Crippen LogP contribution in [-0.2, 0) is 0 Å². The Bertz CT molecular complexity index is 486. The van der Waals surface area contributed by atoms with Crippen molar-refractivity contribution in [2.45, 2.75) is 6.92 Å². The lowest BCUT2D eigenvalue weighted by atomic mass is 10.2. The maximum absolute atomic E-state index is 4.52. The zero-order valence-corrected chi connectivity index (χ0v) is 8.36. The molecule has 2 aromatic rings. The zero-order valence-electron chi connectivity index (χ0n) is 8.36. The molecular formula is C12H12N2. The second-order valence-electron chi connectivity index (χ2n) is 3.20. The number of aromatic nitrogens is 1. The SMILES string of the molecule is CN=C(C)c1ccc2ccccc2n1. The fraction of sp³-hybridized carbons (Fsp3) is 0.167. The standard InChI is InChI=1S/C12H12N2/c1-9(13-2)11-8-7-10-5-3-4-6-12(10)14-11/h3-8H,1-2H3. The van der Waals surface area contributed by atoms with Gasteiger partial charge < -0.3 is 0 Å². The molecule has 0 atom stereocenters. The Morgan fingerprint density at radius 2 is 1.93 bits per heavy atom. The molecule has 0 aliphatic heterocycles. The molecule has 0 amide bonds. The van der Waals surface area contributed by atoms with Crippen molar-refractivity contribution in [1.82, 2.24) is 4.98 Å². The largest absolute Gasteiger partial charge is 0.291 e. The van der Waals surface area contributed by atoms with Gasteiger partial charge in [-0.25, -0.2) is 4.98 Å². The molecule has 1 aromatic carbocycles. The van der Waals surface area contributed by atoms with Gasteiger partial charge in [-0.2, -0.15) is 0 Å². The monoisotopic (exact) mass is 184 g/mol. The minimum absolute atomic E-state index is 0.950. The third-order valence-electron chi connectivity index (χ3n) is 2.30. The van der Waals surface area contributed by atoms with Crippen LogP contribution in [0.5, 0.6) is 0 Å². The summed E-state index contributed by atoms with van der Waals surface area (Å²) >= 11 is 0. The summed E-state index contributed by atoms with van der Waals surface area (Å²) in [7, 11) is 1.78. The number of benzene rings is 1. The molecule has 1 aromatic heterocycles. The van der Waals surface area contributed by atoms with E-state index in [1.54, 1.807) is 7.05 Å². The molecule has 0 saturated carbocycles. The molecule has 2 rings (SSSR count). The summed E-state index contributed by atoms with van der Waals surface area (Å²) in [5.74, 6) is 0. The predicted molar refractivity (Wildman–Crippen MR) is 59.9 cm³/mol. The second-order valence-corrected chi connectivity index (χ2v) is 3.20. The molecule has 0 aliphatic rings. The summed E-state index contributed by atoms with van der Waals surface area (Å²) in [4.78, 5) is 8.63. The minimum atomic E-state index is 0.950. The van der Waals surface area contributed by atoms with Gasteiger partial charge in [-0.1, -0.05) is 24.3 Å². The van der Waals surface area contributed by atoms with E-state index in [1.807, 2.05) is 31.2 Å². The third-order valence-corrected chi connectivity index (χ3v) is 2.30. The quantitative estimate of drug-likeness (QED) is 0.625. The molecule has 2 nitrogen and oxygen atoms in total. The van der Waals surface area contributed by atoms with Gasteiger partial charge in [-0.3, -0.25) is 4.99 Å². The number of nitrogens with zero attached hydrogens (tertiary/aromatic N) is 2. The molecular weight excluding hydrogens is 172 g/mol. The van der Waals surface area contributed by atoms with Gasteiger partial charge in [0, 0.05) is 12.4 Å². The molecule has 0 aliphatic carbocycles. The predicted octanol–water partition coefficient (Wildman–Crippen LogP) is 2.67. The Kier molecular flexibility index (Phi) is 2.27. The fourth-order valence-electron chi connectivity index (χ4n) is 1.38. The summed E-state index contributed by atoms with van der Waals surface area (Å²) < 4.78 is 0. The number of rotatable bonds is 1. The van der Waals surface area contributed by atoms with Crippen LogP contribution in [0.1, 0.15) is 12.6 Å². The van der Waals surface area contributed by atoms with Gasteiger partial charge in [0.05, 0.1) is 16.9 Å². The van der Waals surface area contributed by atoms with Crippen molar-refractivity contribution < 1.29 is 0 Å². The summed E-state index contributed by atoms with van der Waals surface area (Å²) in [6.07, 6.45) is 0. The first-order valence-corrected chi connectivity index (χ1v) is 4.61. The van der Waals surface area contributed by atoms with Crippen LogP contribution in [0.3, 0.4) is 0 Å². The van der Waals surface area contributed by atoms with Gasteiger partial charge in [0.15, 0.2) is 0 Å². The molecule has 14 heavy (non-hydrogen) atoms. The molecule has 0 bridgehead atoms. The molecule has 0 N–H and O–H groups in total. The van der Waals surface area contributed by atoms with Gasteiger partial charge >= 0.3 is 0 Å². The Balaban J connectivity index is 2.62. The normalized spacial score (nSPS) is 12.0. The Morgan fingerprint density at radius 1 is 1.14 bits per heavy atom. The van der Waals surface area contributed by atoms with Crippen LogP contribution in [0.4, 0.5) is 0 Å². The maximum atomic E-state index is 4.52. The van der Waals surface area contributed by atoms with Gasteiger partial charge in [-0.15, -0.1) is 0 Å². The first kappa shape index (κ1) is 8.88. The van der Waals surface area contributed by atoms with E-state index >= 15 is 0 Å². The summed E-state index contributed by atoms with van der Waals surface area (Å²) in [6.45, 7) is 1.97. The van der Waals surface area contributed by atoms with Gasteiger partial charge in [0.2, 0.25) is 0 Å². The fourth-order valence-corrected chi connectivity index (χ4v) is 1.38. The van der Waals surface area contributed by atoms with Crippen molar-refractivity contribution in [1.29, 1.82) is 0 Å². The van der Waals surface area contributed by atoms with Crippen molar-refractivity contribution in [3.8, 4) is 0 Å². The average Bonchev–Trinajstić information content (AvgIpc) is 2.27. The lowest BCUT2D eigenvalue weighted by molar-refractivity contribution is 1.32. The highest BCUT2D eigenvalue weighted by Crippen LogP contribution is 2.11. The lowest BCUT2D eigenvalue weighted by Gasteiger charge is -2.01. The van der Waals surface area contributed by atoms with Crippen molar-refractivity contribution in [3.05, 3.63) is 42.1 Å². The first-order chi connectivity index (χ1) is 6.81.